The van der Waals surface area contributed by atoms with E-state index in [0.29, 0.717) is 5.02 Å². The van der Waals surface area contributed by atoms with Gasteiger partial charge < -0.3 is 15.4 Å². The van der Waals surface area contributed by atoms with E-state index in [1.165, 1.54) is 34.5 Å². The van der Waals surface area contributed by atoms with Crippen molar-refractivity contribution in [2.75, 3.05) is 39.0 Å². The zero-order valence-electron chi connectivity index (χ0n) is 11.5. The molecule has 0 aliphatic carbocycles. The van der Waals surface area contributed by atoms with Crippen molar-refractivity contribution in [3.05, 3.63) is 23.2 Å². The summed E-state index contributed by atoms with van der Waals surface area (Å²) < 4.78 is 31.0. The molecule has 0 spiro atoms. The molecule has 21 heavy (non-hydrogen) atoms. The van der Waals surface area contributed by atoms with E-state index in [1.807, 2.05) is 0 Å². The number of hydrogen-bond donors (Lipinski definition) is 1. The molecule has 1 amide bonds. The van der Waals surface area contributed by atoms with Crippen molar-refractivity contribution in [1.82, 2.24) is 9.21 Å². The molecule has 0 bridgehead atoms. The number of rotatable bonds is 2. The number of piperazine rings is 1. The van der Waals surface area contributed by atoms with Crippen molar-refractivity contribution in [3.63, 3.8) is 0 Å². The summed E-state index contributed by atoms with van der Waals surface area (Å²) in [5.41, 5.74) is 5.88. The van der Waals surface area contributed by atoms with Crippen LogP contribution in [0.15, 0.2) is 23.1 Å². The van der Waals surface area contributed by atoms with E-state index in [2.05, 4.69) is 4.74 Å². The fourth-order valence-corrected chi connectivity index (χ4v) is 3.91. The number of amides is 1. The zero-order valence-corrected chi connectivity index (χ0v) is 13.0. The Morgan fingerprint density at radius 2 is 1.90 bits per heavy atom. The predicted octanol–water partition coefficient (Wildman–Crippen LogP) is 0.995. The zero-order chi connectivity index (χ0) is 15.6. The number of halogens is 1. The molecule has 0 aromatic heterocycles. The van der Waals surface area contributed by atoms with Crippen molar-refractivity contribution < 1.29 is 17.9 Å². The number of ether oxygens (including phenoxy) is 1. The van der Waals surface area contributed by atoms with E-state index >= 15 is 0 Å². The Morgan fingerprint density at radius 1 is 1.29 bits per heavy atom. The molecular formula is C12H16ClN3O4S. The fourth-order valence-electron chi connectivity index (χ4n) is 2.11. The number of sulfonamides is 1. The van der Waals surface area contributed by atoms with E-state index in [-0.39, 0.29) is 36.8 Å². The molecule has 9 heteroatoms. The van der Waals surface area contributed by atoms with Gasteiger partial charge in [0.2, 0.25) is 10.0 Å². The van der Waals surface area contributed by atoms with Gasteiger partial charge in [0.25, 0.3) is 0 Å². The Morgan fingerprint density at radius 3 is 2.48 bits per heavy atom. The lowest BCUT2D eigenvalue weighted by Gasteiger charge is -2.33. The highest BCUT2D eigenvalue weighted by molar-refractivity contribution is 7.89. The second-order valence-electron chi connectivity index (χ2n) is 4.54. The van der Waals surface area contributed by atoms with Crippen molar-refractivity contribution in [1.29, 1.82) is 0 Å². The number of nitrogens with zero attached hydrogens (tertiary/aromatic N) is 2. The molecule has 1 saturated heterocycles. The molecule has 0 unspecified atom stereocenters. The fraction of sp³-hybridized carbons (Fsp3) is 0.417. The van der Waals surface area contributed by atoms with Crippen LogP contribution >= 0.6 is 11.6 Å². The molecule has 0 atom stereocenters. The molecule has 2 N–H and O–H groups in total. The van der Waals surface area contributed by atoms with Gasteiger partial charge in [0, 0.05) is 31.2 Å². The smallest absolute Gasteiger partial charge is 0.409 e. The second-order valence-corrected chi connectivity index (χ2v) is 6.89. The van der Waals surface area contributed by atoms with E-state index in [4.69, 9.17) is 17.3 Å². The molecule has 1 heterocycles. The average Bonchev–Trinajstić information content (AvgIpc) is 2.49. The van der Waals surface area contributed by atoms with Crippen LogP contribution < -0.4 is 5.73 Å². The Kier molecular flexibility index (Phi) is 4.60. The lowest BCUT2D eigenvalue weighted by atomic mass is 10.3. The number of carbonyl (C=O) groups is 1. The third-order valence-corrected chi connectivity index (χ3v) is 5.45. The SMILES string of the molecule is COC(=O)N1CCN(S(=O)(=O)c2cc(Cl)ccc2N)CC1. The normalized spacial score (nSPS) is 16.8. The van der Waals surface area contributed by atoms with Gasteiger partial charge in [-0.3, -0.25) is 0 Å². The van der Waals surface area contributed by atoms with Crippen LogP contribution in [0.2, 0.25) is 5.02 Å². The van der Waals surface area contributed by atoms with Gasteiger partial charge in [-0.1, -0.05) is 11.6 Å². The van der Waals surface area contributed by atoms with Gasteiger partial charge in [-0.25, -0.2) is 13.2 Å². The molecule has 1 aromatic carbocycles. The minimum atomic E-state index is -3.73. The highest BCUT2D eigenvalue weighted by atomic mass is 35.5. The molecule has 116 valence electrons. The summed E-state index contributed by atoms with van der Waals surface area (Å²) in [5.74, 6) is 0. The third kappa shape index (κ3) is 3.22. The van der Waals surface area contributed by atoms with Gasteiger partial charge in [-0.05, 0) is 18.2 Å². The summed E-state index contributed by atoms with van der Waals surface area (Å²) in [6.07, 6.45) is -0.464. The number of benzene rings is 1. The van der Waals surface area contributed by atoms with Gasteiger partial charge in [0.1, 0.15) is 4.90 Å². The van der Waals surface area contributed by atoms with E-state index in [0.717, 1.165) is 0 Å². The number of hydrogen-bond acceptors (Lipinski definition) is 5. The van der Waals surface area contributed by atoms with Gasteiger partial charge >= 0.3 is 6.09 Å². The van der Waals surface area contributed by atoms with E-state index in [9.17, 15) is 13.2 Å². The molecule has 1 aliphatic heterocycles. The largest absolute Gasteiger partial charge is 0.453 e. The van der Waals surface area contributed by atoms with Gasteiger partial charge in [-0.2, -0.15) is 4.31 Å². The standard InChI is InChI=1S/C12H16ClN3O4S/c1-20-12(17)15-4-6-16(7-5-15)21(18,19)11-8-9(13)2-3-10(11)14/h2-3,8H,4-7,14H2,1H3. The Hall–Kier alpha value is -1.51. The maximum atomic E-state index is 12.6. The van der Waals surface area contributed by atoms with Crippen LogP contribution in [0.1, 0.15) is 0 Å². The highest BCUT2D eigenvalue weighted by Gasteiger charge is 2.31. The summed E-state index contributed by atoms with van der Waals surface area (Å²) in [7, 11) is -2.44. The van der Waals surface area contributed by atoms with Crippen molar-refractivity contribution in [2.24, 2.45) is 0 Å². The molecule has 7 nitrogen and oxygen atoms in total. The first-order valence-corrected chi connectivity index (χ1v) is 8.06. The van der Waals surface area contributed by atoms with Gasteiger partial charge in [-0.15, -0.1) is 0 Å². The first kappa shape index (κ1) is 15.9. The van der Waals surface area contributed by atoms with Crippen molar-refractivity contribution >= 4 is 33.4 Å². The number of nitrogens with two attached hydrogens (primary N) is 1. The monoisotopic (exact) mass is 333 g/mol. The van der Waals surface area contributed by atoms with Crippen molar-refractivity contribution in [3.8, 4) is 0 Å². The number of nitrogen functional groups attached to an aromatic ring is 1. The Bertz CT molecular complexity index is 642. The number of carbonyl (C=O) groups excluding carboxylic acids is 1. The lowest BCUT2D eigenvalue weighted by Crippen LogP contribution is -2.50. The maximum absolute atomic E-state index is 12.6. The van der Waals surface area contributed by atoms with Crippen molar-refractivity contribution in [2.45, 2.75) is 4.90 Å². The maximum Gasteiger partial charge on any atom is 0.409 e. The number of methoxy groups -OCH3 is 1. The molecule has 1 aliphatic rings. The van der Waals surface area contributed by atoms with Crippen LogP contribution in [0.5, 0.6) is 0 Å². The minimum Gasteiger partial charge on any atom is -0.453 e. The highest BCUT2D eigenvalue weighted by Crippen LogP contribution is 2.26. The van der Waals surface area contributed by atoms with Crippen LogP contribution in [0.25, 0.3) is 0 Å². The van der Waals surface area contributed by atoms with Crippen LogP contribution in [-0.4, -0.2) is 57.0 Å². The van der Waals surface area contributed by atoms with E-state index in [1.54, 1.807) is 0 Å². The summed E-state index contributed by atoms with van der Waals surface area (Å²) in [4.78, 5) is 12.8. The Labute approximate surface area is 128 Å². The van der Waals surface area contributed by atoms with Crippen LogP contribution in [0, 0.1) is 0 Å². The van der Waals surface area contributed by atoms with Gasteiger partial charge in [0.05, 0.1) is 12.8 Å². The van der Waals surface area contributed by atoms with Crippen LogP contribution in [0.4, 0.5) is 10.5 Å². The molecule has 0 saturated carbocycles. The summed E-state index contributed by atoms with van der Waals surface area (Å²) in [6.45, 7) is 0.908. The quantitative estimate of drug-likeness (QED) is 0.815. The topological polar surface area (TPSA) is 92.9 Å². The van der Waals surface area contributed by atoms with E-state index < -0.39 is 16.1 Å². The molecule has 2 rings (SSSR count). The average molecular weight is 334 g/mol. The first-order chi connectivity index (χ1) is 9.86. The third-order valence-electron chi connectivity index (χ3n) is 3.26. The summed E-state index contributed by atoms with van der Waals surface area (Å²) >= 11 is 5.84. The lowest BCUT2D eigenvalue weighted by molar-refractivity contribution is 0.108. The molecule has 1 fully saturated rings. The second kappa shape index (κ2) is 6.08. The molecular weight excluding hydrogens is 318 g/mol. The predicted molar refractivity (Wildman–Crippen MR) is 78.6 cm³/mol. The molecule has 0 radical (unpaired) electrons. The van der Waals surface area contributed by atoms with Gasteiger partial charge in [0.15, 0.2) is 0 Å². The van der Waals surface area contributed by atoms with Crippen LogP contribution in [0.3, 0.4) is 0 Å². The summed E-state index contributed by atoms with van der Waals surface area (Å²) in [6, 6.07) is 4.32. The molecule has 1 aromatic rings. The van der Waals surface area contributed by atoms with Crippen LogP contribution in [-0.2, 0) is 14.8 Å². The first-order valence-electron chi connectivity index (χ1n) is 6.24. The summed E-state index contributed by atoms with van der Waals surface area (Å²) in [5, 5.41) is 0.302. The Balaban J connectivity index is 2.19. The minimum absolute atomic E-state index is 0.0125. The number of anilines is 1.